The van der Waals surface area contributed by atoms with Crippen LogP contribution in [0.15, 0.2) is 30.5 Å². The lowest BCUT2D eigenvalue weighted by molar-refractivity contribution is -0.119. The van der Waals surface area contributed by atoms with Crippen LogP contribution in [0.1, 0.15) is 11.3 Å². The van der Waals surface area contributed by atoms with Crippen LogP contribution in [0, 0.1) is 6.92 Å². The Hall–Kier alpha value is -2.90. The molecule has 24 heavy (non-hydrogen) atoms. The summed E-state index contributed by atoms with van der Waals surface area (Å²) < 4.78 is 5.97. The molecule has 0 spiro atoms. The average Bonchev–Trinajstić information content (AvgIpc) is 3.02. The van der Waals surface area contributed by atoms with Gasteiger partial charge >= 0.3 is 6.09 Å². The Morgan fingerprint density at radius 3 is 2.67 bits per heavy atom. The Morgan fingerprint density at radius 2 is 2.00 bits per heavy atom. The highest BCUT2D eigenvalue weighted by atomic mass is 16.5. The summed E-state index contributed by atoms with van der Waals surface area (Å²) in [6.07, 6.45) is 1.72. The first-order chi connectivity index (χ1) is 11.5. The van der Waals surface area contributed by atoms with E-state index in [1.807, 2.05) is 31.2 Å². The standard InChI is InChI=1S/C16H21N5O3/c1-12-4-6-14(7-5-12)20(2)15(22)11-21-10-13(18-19-21)8-9-17-16(23)24-3/h4-7,10H,8-9,11H2,1-3H3,(H,17,23). The predicted molar refractivity (Wildman–Crippen MR) is 88.7 cm³/mol. The molecule has 128 valence electrons. The number of aromatic nitrogens is 3. The summed E-state index contributed by atoms with van der Waals surface area (Å²) in [5.74, 6) is -0.0945. The number of carbonyl (C=O) groups excluding carboxylic acids is 2. The van der Waals surface area contributed by atoms with Gasteiger partial charge in [0.05, 0.1) is 12.8 Å². The van der Waals surface area contributed by atoms with Crippen LogP contribution in [0.5, 0.6) is 0 Å². The molecule has 0 fully saturated rings. The molecule has 8 nitrogen and oxygen atoms in total. The minimum absolute atomic E-state index is 0.0945. The van der Waals surface area contributed by atoms with E-state index in [-0.39, 0.29) is 12.5 Å². The second kappa shape index (κ2) is 8.09. The fourth-order valence-electron chi connectivity index (χ4n) is 2.05. The van der Waals surface area contributed by atoms with Gasteiger partial charge in [-0.3, -0.25) is 4.79 Å². The number of aryl methyl sites for hydroxylation is 1. The number of anilines is 1. The lowest BCUT2D eigenvalue weighted by atomic mass is 10.2. The molecule has 0 radical (unpaired) electrons. The molecule has 1 heterocycles. The lowest BCUT2D eigenvalue weighted by Gasteiger charge is -2.17. The van der Waals surface area contributed by atoms with Gasteiger partial charge in [-0.05, 0) is 19.1 Å². The first kappa shape index (κ1) is 17.5. The predicted octanol–water partition coefficient (Wildman–Crippen LogP) is 1.15. The van der Waals surface area contributed by atoms with Crippen molar-refractivity contribution in [2.24, 2.45) is 0 Å². The van der Waals surface area contributed by atoms with Crippen molar-refractivity contribution in [3.8, 4) is 0 Å². The minimum atomic E-state index is -0.489. The fourth-order valence-corrected chi connectivity index (χ4v) is 2.05. The summed E-state index contributed by atoms with van der Waals surface area (Å²) in [4.78, 5) is 24.9. The highest BCUT2D eigenvalue weighted by molar-refractivity contribution is 5.92. The van der Waals surface area contributed by atoms with Gasteiger partial charge in [0.15, 0.2) is 0 Å². The largest absolute Gasteiger partial charge is 0.453 e. The number of rotatable bonds is 6. The molecule has 0 atom stereocenters. The van der Waals surface area contributed by atoms with Crippen molar-refractivity contribution in [1.29, 1.82) is 0 Å². The van der Waals surface area contributed by atoms with Crippen molar-refractivity contribution in [3.05, 3.63) is 41.7 Å². The minimum Gasteiger partial charge on any atom is -0.453 e. The number of ether oxygens (including phenoxy) is 1. The Balaban J connectivity index is 1.88. The van der Waals surface area contributed by atoms with E-state index >= 15 is 0 Å². The van der Waals surface area contributed by atoms with Gasteiger partial charge in [-0.2, -0.15) is 0 Å². The second-order valence-electron chi connectivity index (χ2n) is 5.36. The van der Waals surface area contributed by atoms with Crippen LogP contribution in [0.25, 0.3) is 0 Å². The highest BCUT2D eigenvalue weighted by Crippen LogP contribution is 2.13. The van der Waals surface area contributed by atoms with Gasteiger partial charge in [0.1, 0.15) is 6.54 Å². The van der Waals surface area contributed by atoms with Crippen LogP contribution in [0.4, 0.5) is 10.5 Å². The normalized spacial score (nSPS) is 10.3. The van der Waals surface area contributed by atoms with Crippen molar-refractivity contribution in [3.63, 3.8) is 0 Å². The smallest absolute Gasteiger partial charge is 0.406 e. The van der Waals surface area contributed by atoms with E-state index in [0.29, 0.717) is 18.7 Å². The number of likely N-dealkylation sites (N-methyl/N-ethyl adjacent to an activating group) is 1. The van der Waals surface area contributed by atoms with Gasteiger partial charge in [0, 0.05) is 31.9 Å². The van der Waals surface area contributed by atoms with Crippen molar-refractivity contribution in [2.45, 2.75) is 19.9 Å². The van der Waals surface area contributed by atoms with Crippen LogP contribution < -0.4 is 10.2 Å². The van der Waals surface area contributed by atoms with Crippen LogP contribution in [0.2, 0.25) is 0 Å². The second-order valence-corrected chi connectivity index (χ2v) is 5.36. The van der Waals surface area contributed by atoms with E-state index < -0.39 is 6.09 Å². The third kappa shape index (κ3) is 4.80. The molecule has 0 unspecified atom stereocenters. The number of methoxy groups -OCH3 is 1. The number of alkyl carbamates (subject to hydrolysis) is 1. The summed E-state index contributed by atoms with van der Waals surface area (Å²) >= 11 is 0. The van der Waals surface area contributed by atoms with Crippen molar-refractivity contribution in [2.75, 3.05) is 25.6 Å². The van der Waals surface area contributed by atoms with Crippen molar-refractivity contribution >= 4 is 17.7 Å². The van der Waals surface area contributed by atoms with E-state index in [1.165, 1.54) is 11.8 Å². The highest BCUT2D eigenvalue weighted by Gasteiger charge is 2.13. The van der Waals surface area contributed by atoms with E-state index in [1.54, 1.807) is 18.1 Å². The summed E-state index contributed by atoms with van der Waals surface area (Å²) in [7, 11) is 3.03. The quantitative estimate of drug-likeness (QED) is 0.857. The van der Waals surface area contributed by atoms with E-state index in [2.05, 4.69) is 20.4 Å². The van der Waals surface area contributed by atoms with Crippen LogP contribution in [-0.2, 0) is 22.5 Å². The monoisotopic (exact) mass is 331 g/mol. The number of carbonyl (C=O) groups is 2. The van der Waals surface area contributed by atoms with E-state index in [0.717, 1.165) is 11.3 Å². The molecule has 2 amide bonds. The SMILES string of the molecule is COC(=O)NCCc1cn(CC(=O)N(C)c2ccc(C)cc2)nn1. The van der Waals surface area contributed by atoms with Crippen LogP contribution in [0.3, 0.4) is 0 Å². The summed E-state index contributed by atoms with van der Waals surface area (Å²) in [5.41, 5.74) is 2.66. The number of benzene rings is 1. The number of hydrogen-bond acceptors (Lipinski definition) is 5. The Morgan fingerprint density at radius 1 is 1.29 bits per heavy atom. The Labute approximate surface area is 140 Å². The van der Waals surface area contributed by atoms with Gasteiger partial charge < -0.3 is 15.0 Å². The summed E-state index contributed by atoms with van der Waals surface area (Å²) in [6, 6.07) is 7.72. The summed E-state index contributed by atoms with van der Waals surface area (Å²) in [6.45, 7) is 2.49. The molecule has 0 bridgehead atoms. The molecule has 1 aromatic heterocycles. The molecule has 0 saturated heterocycles. The number of nitrogens with zero attached hydrogens (tertiary/aromatic N) is 4. The Kier molecular flexibility index (Phi) is 5.89. The molecule has 0 aliphatic rings. The first-order valence-corrected chi connectivity index (χ1v) is 7.53. The molecule has 2 rings (SSSR count). The maximum absolute atomic E-state index is 12.3. The van der Waals surface area contributed by atoms with E-state index in [9.17, 15) is 9.59 Å². The zero-order valence-electron chi connectivity index (χ0n) is 14.0. The zero-order valence-corrected chi connectivity index (χ0v) is 14.0. The molecular weight excluding hydrogens is 310 g/mol. The lowest BCUT2D eigenvalue weighted by Crippen LogP contribution is -2.30. The average molecular weight is 331 g/mol. The third-order valence-electron chi connectivity index (χ3n) is 3.51. The number of hydrogen-bond donors (Lipinski definition) is 1. The van der Waals surface area contributed by atoms with Gasteiger partial charge in [-0.1, -0.05) is 22.9 Å². The third-order valence-corrected chi connectivity index (χ3v) is 3.51. The number of amides is 2. The number of nitrogens with one attached hydrogen (secondary N) is 1. The van der Waals surface area contributed by atoms with Crippen molar-refractivity contribution in [1.82, 2.24) is 20.3 Å². The topological polar surface area (TPSA) is 89.4 Å². The molecule has 2 aromatic rings. The molecule has 8 heteroatoms. The van der Waals surface area contributed by atoms with Gasteiger partial charge in [-0.25, -0.2) is 9.48 Å². The van der Waals surface area contributed by atoms with E-state index in [4.69, 9.17) is 0 Å². The molecular formula is C16H21N5O3. The molecule has 1 N–H and O–H groups in total. The molecule has 0 aliphatic heterocycles. The molecule has 0 saturated carbocycles. The van der Waals surface area contributed by atoms with Crippen LogP contribution >= 0.6 is 0 Å². The maximum Gasteiger partial charge on any atom is 0.406 e. The van der Waals surface area contributed by atoms with Gasteiger partial charge in [-0.15, -0.1) is 5.10 Å². The van der Waals surface area contributed by atoms with Crippen molar-refractivity contribution < 1.29 is 14.3 Å². The zero-order chi connectivity index (χ0) is 17.5. The molecule has 0 aliphatic carbocycles. The van der Waals surface area contributed by atoms with Gasteiger partial charge in [0.2, 0.25) is 5.91 Å². The Bertz CT molecular complexity index is 696. The van der Waals surface area contributed by atoms with Gasteiger partial charge in [0.25, 0.3) is 0 Å². The first-order valence-electron chi connectivity index (χ1n) is 7.53. The maximum atomic E-state index is 12.3. The molecule has 1 aromatic carbocycles. The summed E-state index contributed by atoms with van der Waals surface area (Å²) in [5, 5.41) is 10.5. The van der Waals surface area contributed by atoms with Crippen LogP contribution in [-0.4, -0.2) is 47.7 Å². The fraction of sp³-hybridized carbons (Fsp3) is 0.375.